The number of ether oxygens (including phenoxy) is 1. The van der Waals surface area contributed by atoms with E-state index in [9.17, 15) is 4.39 Å². The molecular weight excluding hydrogens is 259 g/mol. The molecule has 20 heavy (non-hydrogen) atoms. The first-order valence-corrected chi connectivity index (χ1v) is 6.14. The maximum Gasteiger partial charge on any atom is 0.131 e. The van der Waals surface area contributed by atoms with E-state index in [1.165, 1.54) is 13.2 Å². The quantitative estimate of drug-likeness (QED) is 0.570. The van der Waals surface area contributed by atoms with Gasteiger partial charge in [0, 0.05) is 17.8 Å². The van der Waals surface area contributed by atoms with Gasteiger partial charge in [-0.25, -0.2) is 9.37 Å². The van der Waals surface area contributed by atoms with Gasteiger partial charge in [0.15, 0.2) is 0 Å². The molecule has 0 saturated heterocycles. The first-order valence-electron chi connectivity index (χ1n) is 6.14. The number of methoxy groups -OCH3 is 1. The highest BCUT2D eigenvalue weighted by molar-refractivity contribution is 5.35. The van der Waals surface area contributed by atoms with Gasteiger partial charge in [-0.3, -0.25) is 11.3 Å². The molecule has 6 heteroatoms. The number of benzene rings is 1. The second-order valence-corrected chi connectivity index (χ2v) is 4.40. The Hall–Kier alpha value is -2.18. The zero-order valence-electron chi connectivity index (χ0n) is 11.1. The van der Waals surface area contributed by atoms with Crippen molar-refractivity contribution in [3.63, 3.8) is 0 Å². The summed E-state index contributed by atoms with van der Waals surface area (Å²) in [5.74, 6) is 6.06. The molecule has 1 aromatic carbocycles. The fourth-order valence-corrected chi connectivity index (χ4v) is 2.03. The molecule has 1 atom stereocenters. The Morgan fingerprint density at radius 3 is 2.75 bits per heavy atom. The summed E-state index contributed by atoms with van der Waals surface area (Å²) >= 11 is 0. The molecule has 0 saturated carbocycles. The van der Waals surface area contributed by atoms with Crippen LogP contribution in [-0.2, 0) is 6.42 Å². The third kappa shape index (κ3) is 3.23. The third-order valence-corrected chi connectivity index (χ3v) is 3.07. The number of hydrazine groups is 1. The van der Waals surface area contributed by atoms with Gasteiger partial charge in [-0.1, -0.05) is 6.07 Å². The molecule has 0 aliphatic carbocycles. The summed E-state index contributed by atoms with van der Waals surface area (Å²) in [6.07, 6.45) is 2.12. The summed E-state index contributed by atoms with van der Waals surface area (Å²) in [7, 11) is 1.49. The van der Waals surface area contributed by atoms with Gasteiger partial charge >= 0.3 is 0 Å². The van der Waals surface area contributed by atoms with Gasteiger partial charge in [0.05, 0.1) is 13.2 Å². The molecular formula is C14H17FN4O. The van der Waals surface area contributed by atoms with Crippen molar-refractivity contribution in [3.8, 4) is 5.75 Å². The second kappa shape index (κ2) is 6.31. The predicted molar refractivity (Wildman–Crippen MR) is 75.4 cm³/mol. The number of rotatable bonds is 5. The third-order valence-electron chi connectivity index (χ3n) is 3.07. The number of pyridine rings is 1. The number of nitrogens with two attached hydrogens (primary N) is 2. The van der Waals surface area contributed by atoms with Crippen LogP contribution in [0.4, 0.5) is 10.2 Å². The number of nitrogens with zero attached hydrogens (tertiary/aromatic N) is 1. The topological polar surface area (TPSA) is 86.2 Å². The van der Waals surface area contributed by atoms with Crippen LogP contribution in [0.1, 0.15) is 17.2 Å². The fourth-order valence-electron chi connectivity index (χ4n) is 2.03. The number of aromatic nitrogens is 1. The lowest BCUT2D eigenvalue weighted by Gasteiger charge is -2.17. The molecule has 2 aromatic rings. The largest absolute Gasteiger partial charge is 0.497 e. The second-order valence-electron chi connectivity index (χ2n) is 4.40. The standard InChI is InChI=1S/C14H17FN4O/c1-20-10-2-3-11(12(15)8-10)13(19-17)6-9-4-5-18-14(16)7-9/h2-5,7-8,13,19H,6,17H2,1H3,(H2,16,18). The lowest BCUT2D eigenvalue weighted by atomic mass is 9.99. The van der Waals surface area contributed by atoms with Crippen molar-refractivity contribution in [2.45, 2.75) is 12.5 Å². The SMILES string of the molecule is COc1ccc(C(Cc2ccnc(N)c2)NN)c(F)c1. The van der Waals surface area contributed by atoms with Gasteiger partial charge in [0.2, 0.25) is 0 Å². The summed E-state index contributed by atoms with van der Waals surface area (Å²) in [5, 5.41) is 0. The van der Waals surface area contributed by atoms with Crippen molar-refractivity contribution in [2.24, 2.45) is 5.84 Å². The monoisotopic (exact) mass is 276 g/mol. The summed E-state index contributed by atoms with van der Waals surface area (Å²) in [4.78, 5) is 3.92. The Kier molecular flexibility index (Phi) is 4.49. The van der Waals surface area contributed by atoms with Crippen molar-refractivity contribution in [2.75, 3.05) is 12.8 Å². The van der Waals surface area contributed by atoms with E-state index in [1.807, 2.05) is 6.07 Å². The number of halogens is 1. The van der Waals surface area contributed by atoms with Crippen LogP contribution in [0.15, 0.2) is 36.5 Å². The van der Waals surface area contributed by atoms with E-state index in [-0.39, 0.29) is 11.9 Å². The number of nitrogen functional groups attached to an aromatic ring is 1. The molecule has 0 amide bonds. The van der Waals surface area contributed by atoms with Crippen molar-refractivity contribution in [1.82, 2.24) is 10.4 Å². The van der Waals surface area contributed by atoms with E-state index in [2.05, 4.69) is 10.4 Å². The zero-order valence-corrected chi connectivity index (χ0v) is 11.1. The van der Waals surface area contributed by atoms with Gasteiger partial charge in [0.1, 0.15) is 17.4 Å². The van der Waals surface area contributed by atoms with Crippen molar-refractivity contribution in [1.29, 1.82) is 0 Å². The first kappa shape index (κ1) is 14.2. The van der Waals surface area contributed by atoms with Crippen LogP contribution in [0.2, 0.25) is 0 Å². The molecule has 1 aromatic heterocycles. The molecule has 0 aliphatic heterocycles. The molecule has 0 aliphatic rings. The van der Waals surface area contributed by atoms with Crippen molar-refractivity contribution < 1.29 is 9.13 Å². The highest BCUT2D eigenvalue weighted by atomic mass is 19.1. The number of hydrogen-bond donors (Lipinski definition) is 3. The predicted octanol–water partition coefficient (Wildman–Crippen LogP) is 1.56. The van der Waals surface area contributed by atoms with E-state index < -0.39 is 0 Å². The molecule has 5 nitrogen and oxygen atoms in total. The van der Waals surface area contributed by atoms with Crippen LogP contribution < -0.4 is 21.7 Å². The molecule has 106 valence electrons. The van der Waals surface area contributed by atoms with E-state index in [0.29, 0.717) is 23.6 Å². The molecule has 0 radical (unpaired) electrons. The summed E-state index contributed by atoms with van der Waals surface area (Å²) in [6.45, 7) is 0. The van der Waals surface area contributed by atoms with Crippen LogP contribution in [-0.4, -0.2) is 12.1 Å². The normalized spacial score (nSPS) is 12.2. The minimum Gasteiger partial charge on any atom is -0.497 e. The smallest absolute Gasteiger partial charge is 0.131 e. The minimum atomic E-state index is -0.366. The Bertz CT molecular complexity index is 591. The summed E-state index contributed by atoms with van der Waals surface area (Å²) in [6, 6.07) is 7.89. The number of nitrogens with one attached hydrogen (secondary N) is 1. The molecule has 1 heterocycles. The highest BCUT2D eigenvalue weighted by Crippen LogP contribution is 2.24. The number of hydrogen-bond acceptors (Lipinski definition) is 5. The summed E-state index contributed by atoms with van der Waals surface area (Å²) < 4.78 is 19.0. The lowest BCUT2D eigenvalue weighted by molar-refractivity contribution is 0.409. The maximum absolute atomic E-state index is 14.0. The van der Waals surface area contributed by atoms with E-state index in [0.717, 1.165) is 5.56 Å². The average Bonchev–Trinajstić information content (AvgIpc) is 2.45. The molecule has 0 spiro atoms. The summed E-state index contributed by atoms with van der Waals surface area (Å²) in [5.41, 5.74) is 9.65. The van der Waals surface area contributed by atoms with Gasteiger partial charge in [-0.2, -0.15) is 0 Å². The van der Waals surface area contributed by atoms with Crippen molar-refractivity contribution >= 4 is 5.82 Å². The molecule has 0 bridgehead atoms. The Balaban J connectivity index is 2.24. The molecule has 1 unspecified atom stereocenters. The molecule has 5 N–H and O–H groups in total. The van der Waals surface area contributed by atoms with E-state index >= 15 is 0 Å². The average molecular weight is 276 g/mol. The lowest BCUT2D eigenvalue weighted by Crippen LogP contribution is -2.30. The maximum atomic E-state index is 14.0. The highest BCUT2D eigenvalue weighted by Gasteiger charge is 2.16. The first-order chi connectivity index (χ1) is 9.63. The van der Waals surface area contributed by atoms with Crippen LogP contribution in [0.3, 0.4) is 0 Å². The van der Waals surface area contributed by atoms with Crippen molar-refractivity contribution in [3.05, 3.63) is 53.5 Å². The van der Waals surface area contributed by atoms with Gasteiger partial charge in [-0.15, -0.1) is 0 Å². The molecule has 2 rings (SSSR count). The van der Waals surface area contributed by atoms with Crippen LogP contribution in [0.25, 0.3) is 0 Å². The zero-order chi connectivity index (χ0) is 14.5. The van der Waals surface area contributed by atoms with Crippen LogP contribution in [0, 0.1) is 5.82 Å². The van der Waals surface area contributed by atoms with E-state index in [1.54, 1.807) is 24.4 Å². The fraction of sp³-hybridized carbons (Fsp3) is 0.214. The van der Waals surface area contributed by atoms with Gasteiger partial charge in [-0.05, 0) is 30.2 Å². The van der Waals surface area contributed by atoms with Crippen LogP contribution >= 0.6 is 0 Å². The van der Waals surface area contributed by atoms with Gasteiger partial charge in [0.25, 0.3) is 0 Å². The molecule has 0 fully saturated rings. The minimum absolute atomic E-state index is 0.359. The Morgan fingerprint density at radius 2 is 2.15 bits per heavy atom. The van der Waals surface area contributed by atoms with E-state index in [4.69, 9.17) is 16.3 Å². The Morgan fingerprint density at radius 1 is 1.35 bits per heavy atom. The Labute approximate surface area is 116 Å². The van der Waals surface area contributed by atoms with Gasteiger partial charge < -0.3 is 10.5 Å². The van der Waals surface area contributed by atoms with Crippen LogP contribution in [0.5, 0.6) is 5.75 Å². The number of anilines is 1.